The first-order valence-electron chi connectivity index (χ1n) is 7.28. The monoisotopic (exact) mass is 222 g/mol. The second-order valence-corrected chi connectivity index (χ2v) is 6.42. The van der Waals surface area contributed by atoms with Gasteiger partial charge in [-0.15, -0.1) is 0 Å². The molecule has 2 nitrogen and oxygen atoms in total. The number of nitrogens with zero attached hydrogens (tertiary/aromatic N) is 1. The Kier molecular flexibility index (Phi) is 3.21. The molecule has 0 aromatic heterocycles. The third kappa shape index (κ3) is 3.46. The van der Waals surface area contributed by atoms with Crippen molar-refractivity contribution in [3.63, 3.8) is 0 Å². The Hall–Kier alpha value is -0.0800. The lowest BCUT2D eigenvalue weighted by atomic mass is 10.1. The summed E-state index contributed by atoms with van der Waals surface area (Å²) >= 11 is 0. The van der Waals surface area contributed by atoms with E-state index in [4.69, 9.17) is 0 Å². The molecule has 3 aliphatic carbocycles. The molecule has 0 aromatic carbocycles. The third-order valence-electron chi connectivity index (χ3n) is 4.13. The molecule has 0 aromatic rings. The van der Waals surface area contributed by atoms with E-state index < -0.39 is 0 Å². The lowest BCUT2D eigenvalue weighted by molar-refractivity contribution is 0.216. The van der Waals surface area contributed by atoms with Gasteiger partial charge in [-0.25, -0.2) is 0 Å². The van der Waals surface area contributed by atoms with Crippen LogP contribution in [0.3, 0.4) is 0 Å². The molecule has 1 N–H and O–H groups in total. The molecule has 3 fully saturated rings. The molecule has 3 aliphatic rings. The van der Waals surface area contributed by atoms with Crippen molar-refractivity contribution in [3.05, 3.63) is 0 Å². The quantitative estimate of drug-likeness (QED) is 0.677. The molecule has 0 amide bonds. The fourth-order valence-corrected chi connectivity index (χ4v) is 2.56. The van der Waals surface area contributed by atoms with Crippen molar-refractivity contribution in [1.82, 2.24) is 10.2 Å². The van der Waals surface area contributed by atoms with E-state index in [1.165, 1.54) is 58.2 Å². The molecule has 3 rings (SSSR count). The number of hydrogen-bond donors (Lipinski definition) is 1. The maximum absolute atomic E-state index is 3.66. The molecular weight excluding hydrogens is 196 g/mol. The lowest BCUT2D eigenvalue weighted by Crippen LogP contribution is -2.36. The maximum atomic E-state index is 3.66. The summed E-state index contributed by atoms with van der Waals surface area (Å²) in [6.45, 7) is 6.38. The van der Waals surface area contributed by atoms with Gasteiger partial charge in [-0.05, 0) is 56.9 Å². The van der Waals surface area contributed by atoms with E-state index in [2.05, 4.69) is 17.1 Å². The highest BCUT2D eigenvalue weighted by Gasteiger charge is 2.34. The Morgan fingerprint density at radius 2 is 1.88 bits per heavy atom. The van der Waals surface area contributed by atoms with Crippen LogP contribution in [0.15, 0.2) is 0 Å². The minimum Gasteiger partial charge on any atom is -0.314 e. The van der Waals surface area contributed by atoms with Gasteiger partial charge < -0.3 is 5.32 Å². The smallest absolute Gasteiger partial charge is 0.00966 e. The topological polar surface area (TPSA) is 15.3 Å². The van der Waals surface area contributed by atoms with E-state index >= 15 is 0 Å². The van der Waals surface area contributed by atoms with Crippen LogP contribution in [0.25, 0.3) is 0 Å². The zero-order valence-corrected chi connectivity index (χ0v) is 10.6. The molecule has 0 heterocycles. The molecule has 1 unspecified atom stereocenters. The molecule has 1 atom stereocenters. The van der Waals surface area contributed by atoms with Crippen LogP contribution in [0.5, 0.6) is 0 Å². The summed E-state index contributed by atoms with van der Waals surface area (Å²) in [6, 6.07) is 1.84. The average molecular weight is 222 g/mol. The molecule has 0 radical (unpaired) electrons. The first-order valence-corrected chi connectivity index (χ1v) is 7.28. The first kappa shape index (κ1) is 11.0. The molecule has 0 aliphatic heterocycles. The van der Waals surface area contributed by atoms with Crippen molar-refractivity contribution >= 4 is 0 Å². The van der Waals surface area contributed by atoms with Gasteiger partial charge >= 0.3 is 0 Å². The first-order chi connectivity index (χ1) is 7.81. The standard InChI is InChI=1S/C14H26N2/c1-11(8-15-13-4-5-13)9-16(14-6-7-14)10-12-2-3-12/h11-15H,2-10H2,1H3. The second kappa shape index (κ2) is 4.66. The molecular formula is C14H26N2. The predicted molar refractivity (Wildman–Crippen MR) is 67.5 cm³/mol. The Morgan fingerprint density at radius 1 is 1.12 bits per heavy atom. The molecule has 3 saturated carbocycles. The highest BCUT2D eigenvalue weighted by Crippen LogP contribution is 2.35. The van der Waals surface area contributed by atoms with Gasteiger partial charge in [0.25, 0.3) is 0 Å². The molecule has 0 bridgehead atoms. The van der Waals surface area contributed by atoms with E-state index in [0.29, 0.717) is 0 Å². The van der Waals surface area contributed by atoms with Crippen molar-refractivity contribution in [2.75, 3.05) is 19.6 Å². The van der Waals surface area contributed by atoms with Gasteiger partial charge in [-0.2, -0.15) is 0 Å². The summed E-state index contributed by atoms with van der Waals surface area (Å²) < 4.78 is 0. The van der Waals surface area contributed by atoms with Gasteiger partial charge in [0.05, 0.1) is 0 Å². The molecule has 16 heavy (non-hydrogen) atoms. The van der Waals surface area contributed by atoms with E-state index in [9.17, 15) is 0 Å². The Balaban J connectivity index is 1.38. The Bertz CT molecular complexity index is 229. The molecule has 92 valence electrons. The number of hydrogen-bond acceptors (Lipinski definition) is 2. The summed E-state index contributed by atoms with van der Waals surface area (Å²) in [4.78, 5) is 2.79. The lowest BCUT2D eigenvalue weighted by Gasteiger charge is -2.25. The van der Waals surface area contributed by atoms with Crippen LogP contribution < -0.4 is 5.32 Å². The summed E-state index contributed by atoms with van der Waals surface area (Å²) in [5, 5.41) is 3.66. The summed E-state index contributed by atoms with van der Waals surface area (Å²) in [5.41, 5.74) is 0. The fourth-order valence-electron chi connectivity index (χ4n) is 2.56. The van der Waals surface area contributed by atoms with Crippen LogP contribution in [0.1, 0.15) is 45.4 Å². The highest BCUT2D eigenvalue weighted by molar-refractivity contribution is 4.89. The van der Waals surface area contributed by atoms with E-state index in [1.54, 1.807) is 0 Å². The number of nitrogens with one attached hydrogen (secondary N) is 1. The SMILES string of the molecule is CC(CNC1CC1)CN(CC1CC1)C1CC1. The van der Waals surface area contributed by atoms with E-state index in [-0.39, 0.29) is 0 Å². The van der Waals surface area contributed by atoms with Gasteiger partial charge in [0, 0.05) is 25.2 Å². The fraction of sp³-hybridized carbons (Fsp3) is 1.00. The van der Waals surface area contributed by atoms with Crippen LogP contribution in [-0.4, -0.2) is 36.6 Å². The van der Waals surface area contributed by atoms with Crippen LogP contribution in [0.2, 0.25) is 0 Å². The van der Waals surface area contributed by atoms with Crippen molar-refractivity contribution < 1.29 is 0 Å². The maximum Gasteiger partial charge on any atom is 0.00966 e. The van der Waals surface area contributed by atoms with Gasteiger partial charge in [0.1, 0.15) is 0 Å². The third-order valence-corrected chi connectivity index (χ3v) is 4.13. The predicted octanol–water partition coefficient (Wildman–Crippen LogP) is 2.25. The summed E-state index contributed by atoms with van der Waals surface area (Å²) in [6.07, 6.45) is 8.77. The highest BCUT2D eigenvalue weighted by atomic mass is 15.2. The van der Waals surface area contributed by atoms with Crippen LogP contribution in [0, 0.1) is 11.8 Å². The number of rotatable bonds is 8. The van der Waals surface area contributed by atoms with Crippen molar-refractivity contribution in [2.24, 2.45) is 11.8 Å². The van der Waals surface area contributed by atoms with Crippen molar-refractivity contribution in [2.45, 2.75) is 57.5 Å². The van der Waals surface area contributed by atoms with Crippen LogP contribution in [-0.2, 0) is 0 Å². The summed E-state index contributed by atoms with van der Waals surface area (Å²) in [7, 11) is 0. The van der Waals surface area contributed by atoms with Gasteiger partial charge in [-0.1, -0.05) is 6.92 Å². The minimum atomic E-state index is 0.833. The van der Waals surface area contributed by atoms with Crippen molar-refractivity contribution in [3.8, 4) is 0 Å². The summed E-state index contributed by atoms with van der Waals surface area (Å²) in [5.74, 6) is 1.89. The average Bonchev–Trinajstić information content (AvgIpc) is 3.14. The van der Waals surface area contributed by atoms with E-state index in [1.807, 2.05) is 0 Å². The van der Waals surface area contributed by atoms with Gasteiger partial charge in [0.15, 0.2) is 0 Å². The minimum absolute atomic E-state index is 0.833. The van der Waals surface area contributed by atoms with Crippen molar-refractivity contribution in [1.29, 1.82) is 0 Å². The van der Waals surface area contributed by atoms with Gasteiger partial charge in [0.2, 0.25) is 0 Å². The molecule has 2 heteroatoms. The Morgan fingerprint density at radius 3 is 2.44 bits per heavy atom. The largest absolute Gasteiger partial charge is 0.314 e. The molecule has 0 saturated heterocycles. The Labute approximate surface area is 99.8 Å². The zero-order chi connectivity index (χ0) is 11.0. The zero-order valence-electron chi connectivity index (χ0n) is 10.6. The van der Waals surface area contributed by atoms with E-state index in [0.717, 1.165) is 23.9 Å². The van der Waals surface area contributed by atoms with Gasteiger partial charge in [-0.3, -0.25) is 4.90 Å². The second-order valence-electron chi connectivity index (χ2n) is 6.42. The molecule has 0 spiro atoms. The van der Waals surface area contributed by atoms with Crippen LogP contribution in [0.4, 0.5) is 0 Å². The normalized spacial score (nSPS) is 27.4. The van der Waals surface area contributed by atoms with Crippen LogP contribution >= 0.6 is 0 Å².